The second-order valence-corrected chi connectivity index (χ2v) is 12.8. The Morgan fingerprint density at radius 3 is 2.36 bits per heavy atom. The van der Waals surface area contributed by atoms with Crippen molar-refractivity contribution in [3.63, 3.8) is 0 Å². The fraction of sp³-hybridized carbons (Fsp3) is 0.741. The first-order chi connectivity index (χ1) is 15.8. The number of benzene rings is 1. The van der Waals surface area contributed by atoms with Gasteiger partial charge in [0.2, 0.25) is 0 Å². The molecule has 0 radical (unpaired) electrons. The van der Waals surface area contributed by atoms with Crippen LogP contribution in [0.3, 0.4) is 0 Å². The number of aryl methyl sites for hydroxylation is 1. The molecule has 6 heteroatoms. The summed E-state index contributed by atoms with van der Waals surface area (Å²) in [4.78, 5) is 15.6. The zero-order valence-corrected chi connectivity index (χ0v) is 22.2. The number of likely N-dealkylation sites (N-methyl/N-ethyl adjacent to an activating group) is 1. The van der Waals surface area contributed by atoms with Gasteiger partial charge in [-0.3, -0.25) is 4.79 Å². The number of hydrogen-bond acceptors (Lipinski definition) is 4. The van der Waals surface area contributed by atoms with E-state index in [0.29, 0.717) is 24.9 Å². The normalized spacial score (nSPS) is 23.9. The molecular formula is C27H41ClN2O2S. The summed E-state index contributed by atoms with van der Waals surface area (Å²) in [5.41, 5.74) is 1.62. The standard InChI is InChI=1S/C27H41ClN2O2S/c1-27(2,26(31)32)15-14-20-16-25-23(17-22(20)28)30(21-12-8-5-9-13-21)18-24(29(3)33-25)19-10-6-4-7-11-19/h16-17,19,21,24H,4-15,18H2,1-3H3,(H,31,32)/t24-/m0/s1. The Hall–Kier alpha value is -0.910. The zero-order chi connectivity index (χ0) is 23.6. The second-order valence-electron chi connectivity index (χ2n) is 11.1. The molecule has 2 fully saturated rings. The summed E-state index contributed by atoms with van der Waals surface area (Å²) in [6.45, 7) is 4.69. The van der Waals surface area contributed by atoms with Gasteiger partial charge in [0.05, 0.1) is 11.1 Å². The molecule has 2 aliphatic carbocycles. The van der Waals surface area contributed by atoms with Crippen molar-refractivity contribution in [1.29, 1.82) is 0 Å². The molecule has 1 atom stereocenters. The zero-order valence-electron chi connectivity index (χ0n) is 20.6. The van der Waals surface area contributed by atoms with Gasteiger partial charge in [-0.2, -0.15) is 0 Å². The average Bonchev–Trinajstić information content (AvgIpc) is 2.94. The molecule has 3 aliphatic rings. The lowest BCUT2D eigenvalue weighted by molar-refractivity contribution is -0.147. The second kappa shape index (κ2) is 10.8. The van der Waals surface area contributed by atoms with Gasteiger partial charge in [-0.05, 0) is 95.0 Å². The van der Waals surface area contributed by atoms with E-state index < -0.39 is 11.4 Å². The van der Waals surface area contributed by atoms with Crippen LogP contribution < -0.4 is 4.90 Å². The van der Waals surface area contributed by atoms with Crippen molar-refractivity contribution in [3.8, 4) is 0 Å². The molecule has 1 aliphatic heterocycles. The number of rotatable bonds is 6. The monoisotopic (exact) mass is 492 g/mol. The molecule has 1 heterocycles. The maximum absolute atomic E-state index is 11.6. The minimum atomic E-state index is -0.750. The lowest BCUT2D eigenvalue weighted by Crippen LogP contribution is -2.47. The molecule has 0 bridgehead atoms. The minimum Gasteiger partial charge on any atom is -0.481 e. The third-order valence-corrected chi connectivity index (χ3v) is 9.77. The molecule has 0 saturated heterocycles. The van der Waals surface area contributed by atoms with Crippen LogP contribution in [0.5, 0.6) is 0 Å². The predicted molar refractivity (Wildman–Crippen MR) is 139 cm³/mol. The topological polar surface area (TPSA) is 43.8 Å². The SMILES string of the molecule is CN1Sc2cc(CCC(C)(C)C(=O)O)c(Cl)cc2N(C2CCCCC2)C[C@H]1C1CCCCC1. The summed E-state index contributed by atoms with van der Waals surface area (Å²) in [7, 11) is 2.28. The molecular weight excluding hydrogens is 452 g/mol. The van der Waals surface area contributed by atoms with Crippen LogP contribution in [-0.4, -0.2) is 41.1 Å². The van der Waals surface area contributed by atoms with Crippen LogP contribution in [0.1, 0.15) is 90.0 Å². The summed E-state index contributed by atoms with van der Waals surface area (Å²) in [5, 5.41) is 10.3. The van der Waals surface area contributed by atoms with E-state index >= 15 is 0 Å². The smallest absolute Gasteiger partial charge is 0.309 e. The van der Waals surface area contributed by atoms with Crippen molar-refractivity contribution in [2.75, 3.05) is 18.5 Å². The highest BCUT2D eigenvalue weighted by Crippen LogP contribution is 2.45. The first kappa shape index (κ1) is 25.2. The van der Waals surface area contributed by atoms with E-state index in [1.54, 1.807) is 13.8 Å². The Balaban J connectivity index is 1.64. The van der Waals surface area contributed by atoms with Gasteiger partial charge < -0.3 is 10.0 Å². The third kappa shape index (κ3) is 5.85. The van der Waals surface area contributed by atoms with Crippen molar-refractivity contribution in [1.82, 2.24) is 4.31 Å². The van der Waals surface area contributed by atoms with Gasteiger partial charge in [-0.15, -0.1) is 0 Å². The van der Waals surface area contributed by atoms with Crippen LogP contribution in [0.4, 0.5) is 5.69 Å². The lowest BCUT2D eigenvalue weighted by atomic mass is 9.83. The molecule has 4 nitrogen and oxygen atoms in total. The maximum Gasteiger partial charge on any atom is 0.309 e. The largest absolute Gasteiger partial charge is 0.481 e. The molecule has 1 aromatic carbocycles. The summed E-state index contributed by atoms with van der Waals surface area (Å²) < 4.78 is 2.52. The van der Waals surface area contributed by atoms with Crippen molar-refractivity contribution in [2.45, 2.75) is 108 Å². The molecule has 2 saturated carbocycles. The van der Waals surface area contributed by atoms with Crippen LogP contribution in [-0.2, 0) is 11.2 Å². The Morgan fingerprint density at radius 2 is 1.73 bits per heavy atom. The number of nitrogens with zero attached hydrogens (tertiary/aromatic N) is 2. The summed E-state index contributed by atoms with van der Waals surface area (Å²) in [5.74, 6) is 0.0178. The quantitative estimate of drug-likeness (QED) is 0.418. The molecule has 1 N–H and O–H groups in total. The fourth-order valence-electron chi connectivity index (χ4n) is 5.97. The molecule has 4 rings (SSSR count). The van der Waals surface area contributed by atoms with Gasteiger partial charge in [0.25, 0.3) is 0 Å². The number of halogens is 1. The van der Waals surface area contributed by atoms with Crippen molar-refractivity contribution < 1.29 is 9.90 Å². The Kier molecular flexibility index (Phi) is 8.23. The maximum atomic E-state index is 11.6. The van der Waals surface area contributed by atoms with E-state index in [-0.39, 0.29) is 0 Å². The highest BCUT2D eigenvalue weighted by atomic mass is 35.5. The summed E-state index contributed by atoms with van der Waals surface area (Å²) in [6, 6.07) is 5.61. The summed E-state index contributed by atoms with van der Waals surface area (Å²) >= 11 is 8.73. The number of anilines is 1. The predicted octanol–water partition coefficient (Wildman–Crippen LogP) is 7.42. The van der Waals surface area contributed by atoms with Crippen molar-refractivity contribution >= 4 is 35.2 Å². The Labute approximate surface area is 209 Å². The Morgan fingerprint density at radius 1 is 1.09 bits per heavy atom. The van der Waals surface area contributed by atoms with E-state index in [0.717, 1.165) is 23.0 Å². The molecule has 0 aromatic heterocycles. The highest BCUT2D eigenvalue weighted by Gasteiger charge is 2.36. The van der Waals surface area contributed by atoms with E-state index in [9.17, 15) is 9.90 Å². The van der Waals surface area contributed by atoms with Crippen LogP contribution in [0.25, 0.3) is 0 Å². The van der Waals surface area contributed by atoms with E-state index in [2.05, 4.69) is 28.4 Å². The number of aliphatic carboxylic acids is 1. The Bertz CT molecular complexity index is 834. The van der Waals surface area contributed by atoms with Gasteiger partial charge in [0.1, 0.15) is 0 Å². The first-order valence-electron chi connectivity index (χ1n) is 13.0. The lowest BCUT2D eigenvalue weighted by Gasteiger charge is -2.41. The fourth-order valence-corrected chi connectivity index (χ4v) is 7.37. The van der Waals surface area contributed by atoms with Crippen LogP contribution in [0.15, 0.2) is 17.0 Å². The molecule has 1 aromatic rings. The average molecular weight is 493 g/mol. The molecule has 0 amide bonds. The summed E-state index contributed by atoms with van der Waals surface area (Å²) in [6.07, 6.45) is 14.6. The van der Waals surface area contributed by atoms with Gasteiger partial charge in [0.15, 0.2) is 0 Å². The molecule has 0 spiro atoms. The molecule has 33 heavy (non-hydrogen) atoms. The third-order valence-electron chi connectivity index (χ3n) is 8.34. The van der Waals surface area contributed by atoms with Gasteiger partial charge >= 0.3 is 5.97 Å². The van der Waals surface area contributed by atoms with Gasteiger partial charge in [-0.25, -0.2) is 4.31 Å². The molecule has 0 unspecified atom stereocenters. The van der Waals surface area contributed by atoms with Crippen LogP contribution >= 0.6 is 23.5 Å². The minimum absolute atomic E-state index is 0.554. The van der Waals surface area contributed by atoms with E-state index in [4.69, 9.17) is 11.6 Å². The number of carboxylic acid groups (broad SMARTS) is 1. The number of carboxylic acids is 1. The number of fused-ring (bicyclic) bond motifs is 1. The van der Waals surface area contributed by atoms with Gasteiger partial charge in [-0.1, -0.05) is 50.1 Å². The first-order valence-corrected chi connectivity index (χ1v) is 14.1. The van der Waals surface area contributed by atoms with Gasteiger partial charge in [0, 0.05) is 28.5 Å². The van der Waals surface area contributed by atoms with Crippen molar-refractivity contribution in [2.24, 2.45) is 11.3 Å². The number of carbonyl (C=O) groups is 1. The molecule has 184 valence electrons. The van der Waals surface area contributed by atoms with Crippen molar-refractivity contribution in [3.05, 3.63) is 22.7 Å². The van der Waals surface area contributed by atoms with E-state index in [1.165, 1.54) is 74.8 Å². The van der Waals surface area contributed by atoms with E-state index in [1.807, 2.05) is 11.9 Å². The number of hydrogen-bond donors (Lipinski definition) is 1. The highest BCUT2D eigenvalue weighted by molar-refractivity contribution is 7.97. The van der Waals surface area contributed by atoms with Crippen LogP contribution in [0.2, 0.25) is 5.02 Å². The van der Waals surface area contributed by atoms with Crippen LogP contribution in [0, 0.1) is 11.3 Å².